The number of rotatable bonds is 5. The van der Waals surface area contributed by atoms with E-state index >= 15 is 0 Å². The minimum Gasteiger partial charge on any atom is -0.465 e. The standard InChI is InChI=1S/C18H24N2O4/c1-10-8-14(9-15(11(10)2)18(23)24-4)20-16(21)12(3)19-17(22)13-6-5-7-13/h8-9,12-13H,5-7H2,1-4H3,(H,19,22)(H,20,21)/t12-/m1/s1. The summed E-state index contributed by atoms with van der Waals surface area (Å²) in [6.45, 7) is 5.34. The number of nitrogens with one attached hydrogen (secondary N) is 2. The summed E-state index contributed by atoms with van der Waals surface area (Å²) in [5, 5.41) is 5.48. The van der Waals surface area contributed by atoms with Gasteiger partial charge in [0, 0.05) is 11.6 Å². The number of methoxy groups -OCH3 is 1. The van der Waals surface area contributed by atoms with Crippen molar-refractivity contribution < 1.29 is 19.1 Å². The molecule has 0 radical (unpaired) electrons. The van der Waals surface area contributed by atoms with Gasteiger partial charge in [-0.15, -0.1) is 0 Å². The predicted molar refractivity (Wildman–Crippen MR) is 90.8 cm³/mol. The van der Waals surface area contributed by atoms with Gasteiger partial charge in [0.05, 0.1) is 12.7 Å². The Hall–Kier alpha value is -2.37. The maximum Gasteiger partial charge on any atom is 0.338 e. The molecule has 1 saturated carbocycles. The Balaban J connectivity index is 2.06. The third kappa shape index (κ3) is 3.93. The van der Waals surface area contributed by atoms with Crippen LogP contribution in [0, 0.1) is 19.8 Å². The van der Waals surface area contributed by atoms with Crippen molar-refractivity contribution in [2.45, 2.75) is 46.1 Å². The molecule has 2 N–H and O–H groups in total. The van der Waals surface area contributed by atoms with Gasteiger partial charge in [-0.2, -0.15) is 0 Å². The van der Waals surface area contributed by atoms with Gasteiger partial charge in [0.15, 0.2) is 0 Å². The van der Waals surface area contributed by atoms with Crippen LogP contribution in [-0.4, -0.2) is 30.9 Å². The van der Waals surface area contributed by atoms with E-state index in [1.807, 2.05) is 13.8 Å². The van der Waals surface area contributed by atoms with Crippen molar-refractivity contribution in [1.82, 2.24) is 5.32 Å². The predicted octanol–water partition coefficient (Wildman–Crippen LogP) is 2.33. The normalized spacial score (nSPS) is 15.2. The molecule has 6 heteroatoms. The summed E-state index contributed by atoms with van der Waals surface area (Å²) in [4.78, 5) is 36.0. The zero-order valence-corrected chi connectivity index (χ0v) is 14.6. The number of carbonyl (C=O) groups is 3. The van der Waals surface area contributed by atoms with Crippen LogP contribution < -0.4 is 10.6 Å². The fraction of sp³-hybridized carbons (Fsp3) is 0.500. The highest BCUT2D eigenvalue weighted by Gasteiger charge is 2.27. The summed E-state index contributed by atoms with van der Waals surface area (Å²) in [6, 6.07) is 2.74. The van der Waals surface area contributed by atoms with Gasteiger partial charge in [-0.3, -0.25) is 9.59 Å². The van der Waals surface area contributed by atoms with E-state index in [0.717, 1.165) is 30.4 Å². The van der Waals surface area contributed by atoms with E-state index in [1.54, 1.807) is 19.1 Å². The molecule has 1 atom stereocenters. The fourth-order valence-corrected chi connectivity index (χ4v) is 2.57. The zero-order chi connectivity index (χ0) is 17.9. The van der Waals surface area contributed by atoms with E-state index in [9.17, 15) is 14.4 Å². The first-order valence-corrected chi connectivity index (χ1v) is 8.14. The average molecular weight is 332 g/mol. The van der Waals surface area contributed by atoms with E-state index in [-0.39, 0.29) is 17.7 Å². The molecule has 0 unspecified atom stereocenters. The number of ether oxygens (including phenoxy) is 1. The highest BCUT2D eigenvalue weighted by Crippen LogP contribution is 2.26. The fourth-order valence-electron chi connectivity index (χ4n) is 2.57. The Bertz CT molecular complexity index is 665. The van der Waals surface area contributed by atoms with Gasteiger partial charge in [0.2, 0.25) is 11.8 Å². The lowest BCUT2D eigenvalue weighted by molar-refractivity contribution is -0.130. The summed E-state index contributed by atoms with van der Waals surface area (Å²) in [5.41, 5.74) is 2.61. The Kier molecular flexibility index (Phi) is 5.59. The largest absolute Gasteiger partial charge is 0.465 e. The maximum atomic E-state index is 12.3. The quantitative estimate of drug-likeness (QED) is 0.811. The molecule has 0 saturated heterocycles. The highest BCUT2D eigenvalue weighted by molar-refractivity contribution is 5.99. The molecule has 2 amide bonds. The van der Waals surface area contributed by atoms with Crippen LogP contribution in [-0.2, 0) is 14.3 Å². The number of hydrogen-bond donors (Lipinski definition) is 2. The van der Waals surface area contributed by atoms with E-state index < -0.39 is 12.0 Å². The van der Waals surface area contributed by atoms with Gasteiger partial charge >= 0.3 is 5.97 Å². The van der Waals surface area contributed by atoms with Gasteiger partial charge < -0.3 is 15.4 Å². The first kappa shape index (κ1) is 18.0. The van der Waals surface area contributed by atoms with Crippen LogP contribution in [0.15, 0.2) is 12.1 Å². The third-order valence-corrected chi connectivity index (χ3v) is 4.57. The van der Waals surface area contributed by atoms with Crippen LogP contribution in [0.5, 0.6) is 0 Å². The van der Waals surface area contributed by atoms with Crippen molar-refractivity contribution in [3.63, 3.8) is 0 Å². The number of aryl methyl sites for hydroxylation is 1. The van der Waals surface area contributed by atoms with Crippen LogP contribution in [0.3, 0.4) is 0 Å². The zero-order valence-electron chi connectivity index (χ0n) is 14.6. The van der Waals surface area contributed by atoms with Crippen molar-refractivity contribution in [1.29, 1.82) is 0 Å². The van der Waals surface area contributed by atoms with Crippen molar-refractivity contribution >= 4 is 23.5 Å². The van der Waals surface area contributed by atoms with Gasteiger partial charge in [-0.25, -0.2) is 4.79 Å². The molecule has 0 bridgehead atoms. The summed E-state index contributed by atoms with van der Waals surface area (Å²) in [7, 11) is 1.32. The molecule has 0 spiro atoms. The lowest BCUT2D eigenvalue weighted by atomic mass is 9.84. The van der Waals surface area contributed by atoms with E-state index in [0.29, 0.717) is 11.3 Å². The molecule has 2 rings (SSSR count). The molecular weight excluding hydrogens is 308 g/mol. The Morgan fingerprint density at radius 1 is 1.21 bits per heavy atom. The molecule has 6 nitrogen and oxygen atoms in total. The smallest absolute Gasteiger partial charge is 0.338 e. The van der Waals surface area contributed by atoms with E-state index in [4.69, 9.17) is 4.74 Å². The number of esters is 1. The van der Waals surface area contributed by atoms with Crippen molar-refractivity contribution in [3.8, 4) is 0 Å². The molecule has 130 valence electrons. The van der Waals surface area contributed by atoms with Crippen molar-refractivity contribution in [3.05, 3.63) is 28.8 Å². The molecule has 1 aromatic carbocycles. The summed E-state index contributed by atoms with van der Waals surface area (Å²) >= 11 is 0. The topological polar surface area (TPSA) is 84.5 Å². The molecule has 0 heterocycles. The second kappa shape index (κ2) is 7.47. The molecule has 0 aromatic heterocycles. The second-order valence-electron chi connectivity index (χ2n) is 6.30. The van der Waals surface area contributed by atoms with Crippen LogP contribution >= 0.6 is 0 Å². The number of anilines is 1. The number of hydrogen-bond acceptors (Lipinski definition) is 4. The lowest BCUT2D eigenvalue weighted by Gasteiger charge is -2.25. The van der Waals surface area contributed by atoms with Gasteiger partial charge in [0.1, 0.15) is 6.04 Å². The SMILES string of the molecule is COC(=O)c1cc(NC(=O)[C@@H](C)NC(=O)C2CCC2)cc(C)c1C. The molecule has 1 fully saturated rings. The van der Waals surface area contributed by atoms with E-state index in [1.165, 1.54) is 7.11 Å². The van der Waals surface area contributed by atoms with Crippen LogP contribution in [0.4, 0.5) is 5.69 Å². The lowest BCUT2D eigenvalue weighted by Crippen LogP contribution is -2.45. The molecule has 1 aromatic rings. The first-order valence-electron chi connectivity index (χ1n) is 8.14. The minimum atomic E-state index is -0.638. The van der Waals surface area contributed by atoms with Crippen molar-refractivity contribution in [2.75, 3.05) is 12.4 Å². The minimum absolute atomic E-state index is 0.0350. The first-order chi connectivity index (χ1) is 11.3. The highest BCUT2D eigenvalue weighted by atomic mass is 16.5. The Morgan fingerprint density at radius 2 is 1.88 bits per heavy atom. The third-order valence-electron chi connectivity index (χ3n) is 4.57. The van der Waals surface area contributed by atoms with Gasteiger partial charge in [-0.05, 0) is 56.9 Å². The van der Waals surface area contributed by atoms with Crippen LogP contribution in [0.2, 0.25) is 0 Å². The molecule has 0 aliphatic heterocycles. The van der Waals surface area contributed by atoms with Gasteiger partial charge in [-0.1, -0.05) is 6.42 Å². The summed E-state index contributed by atoms with van der Waals surface area (Å²) < 4.78 is 4.77. The number of carbonyl (C=O) groups excluding carboxylic acids is 3. The average Bonchev–Trinajstić information content (AvgIpc) is 2.47. The van der Waals surface area contributed by atoms with Crippen LogP contribution in [0.1, 0.15) is 47.7 Å². The molecule has 1 aliphatic carbocycles. The Labute approximate surface area is 142 Å². The number of amides is 2. The monoisotopic (exact) mass is 332 g/mol. The second-order valence-corrected chi connectivity index (χ2v) is 6.30. The number of benzene rings is 1. The molecule has 24 heavy (non-hydrogen) atoms. The van der Waals surface area contributed by atoms with Crippen molar-refractivity contribution in [2.24, 2.45) is 5.92 Å². The summed E-state index contributed by atoms with van der Waals surface area (Å²) in [6.07, 6.45) is 2.84. The molecule has 1 aliphatic rings. The summed E-state index contributed by atoms with van der Waals surface area (Å²) in [5.74, 6) is -0.799. The van der Waals surface area contributed by atoms with Crippen LogP contribution in [0.25, 0.3) is 0 Å². The Morgan fingerprint density at radius 3 is 2.42 bits per heavy atom. The maximum absolute atomic E-state index is 12.3. The molecular formula is C18H24N2O4. The van der Waals surface area contributed by atoms with Gasteiger partial charge in [0.25, 0.3) is 0 Å². The van der Waals surface area contributed by atoms with E-state index in [2.05, 4.69) is 10.6 Å².